The van der Waals surface area contributed by atoms with E-state index in [9.17, 15) is 4.79 Å². The second kappa shape index (κ2) is 7.68. The average molecular weight is 236 g/mol. The highest BCUT2D eigenvalue weighted by Gasteiger charge is 2.02. The zero-order valence-corrected chi connectivity index (χ0v) is 10.2. The molecule has 1 rings (SSSR count). The van der Waals surface area contributed by atoms with Crippen molar-refractivity contribution in [2.24, 2.45) is 5.73 Å². The molecule has 4 heteroatoms. The van der Waals surface area contributed by atoms with E-state index in [0.29, 0.717) is 19.5 Å². The van der Waals surface area contributed by atoms with Crippen molar-refractivity contribution in [1.82, 2.24) is 5.32 Å². The average Bonchev–Trinajstić information content (AvgIpc) is 2.37. The summed E-state index contributed by atoms with van der Waals surface area (Å²) in [6.45, 7) is 1.27. The maximum absolute atomic E-state index is 11.5. The number of rotatable bonds is 7. The van der Waals surface area contributed by atoms with Crippen LogP contribution < -0.4 is 15.8 Å². The Morgan fingerprint density at radius 3 is 3.00 bits per heavy atom. The summed E-state index contributed by atoms with van der Waals surface area (Å²) in [5.41, 5.74) is 6.46. The molecule has 0 atom stereocenters. The standard InChI is InChI=1S/C13H20N2O2/c1-17-12-5-2-4-11(10-12)6-7-13(16)15-9-3-8-14/h2,4-5,10H,3,6-9,14H2,1H3,(H,15,16). The number of nitrogens with one attached hydrogen (secondary N) is 1. The Kier molecular flexibility index (Phi) is 6.10. The van der Waals surface area contributed by atoms with Crippen molar-refractivity contribution < 1.29 is 9.53 Å². The Morgan fingerprint density at radius 1 is 1.47 bits per heavy atom. The number of amides is 1. The van der Waals surface area contributed by atoms with Gasteiger partial charge in [0.25, 0.3) is 0 Å². The first-order valence-electron chi connectivity index (χ1n) is 5.86. The number of nitrogens with two attached hydrogens (primary N) is 1. The fourth-order valence-corrected chi connectivity index (χ4v) is 1.50. The van der Waals surface area contributed by atoms with Gasteiger partial charge in [-0.3, -0.25) is 4.79 Å². The molecule has 0 bridgehead atoms. The maximum atomic E-state index is 11.5. The molecular weight excluding hydrogens is 216 g/mol. The highest BCUT2D eigenvalue weighted by atomic mass is 16.5. The molecule has 1 amide bonds. The van der Waals surface area contributed by atoms with Crippen LogP contribution in [0.5, 0.6) is 5.75 Å². The SMILES string of the molecule is COc1cccc(CCC(=O)NCCCN)c1. The first kappa shape index (κ1) is 13.5. The first-order valence-corrected chi connectivity index (χ1v) is 5.86. The molecule has 1 aromatic rings. The predicted octanol–water partition coefficient (Wildman–Crippen LogP) is 1.09. The van der Waals surface area contributed by atoms with E-state index >= 15 is 0 Å². The summed E-state index contributed by atoms with van der Waals surface area (Å²) in [5, 5.41) is 2.83. The van der Waals surface area contributed by atoms with Gasteiger partial charge in [-0.15, -0.1) is 0 Å². The number of methoxy groups -OCH3 is 1. The zero-order valence-electron chi connectivity index (χ0n) is 10.2. The predicted molar refractivity (Wildman–Crippen MR) is 68.0 cm³/mol. The lowest BCUT2D eigenvalue weighted by Gasteiger charge is -2.05. The van der Waals surface area contributed by atoms with Gasteiger partial charge in [0.1, 0.15) is 5.75 Å². The van der Waals surface area contributed by atoms with E-state index in [1.165, 1.54) is 0 Å². The number of carbonyl (C=O) groups is 1. The summed E-state index contributed by atoms with van der Waals surface area (Å²) in [5.74, 6) is 0.896. The third-order valence-electron chi connectivity index (χ3n) is 2.48. The van der Waals surface area contributed by atoms with Gasteiger partial charge in [0.15, 0.2) is 0 Å². The molecule has 0 aliphatic rings. The summed E-state index contributed by atoms with van der Waals surface area (Å²) in [4.78, 5) is 11.5. The minimum atomic E-state index is 0.0706. The molecule has 0 aromatic heterocycles. The van der Waals surface area contributed by atoms with Crippen LogP contribution in [0.2, 0.25) is 0 Å². The van der Waals surface area contributed by atoms with Gasteiger partial charge in [-0.2, -0.15) is 0 Å². The van der Waals surface area contributed by atoms with Crippen LogP contribution in [0.25, 0.3) is 0 Å². The van der Waals surface area contributed by atoms with Gasteiger partial charge in [-0.1, -0.05) is 12.1 Å². The van der Waals surface area contributed by atoms with E-state index in [0.717, 1.165) is 24.2 Å². The van der Waals surface area contributed by atoms with E-state index in [2.05, 4.69) is 5.32 Å². The quantitative estimate of drug-likeness (QED) is 0.697. The first-order chi connectivity index (χ1) is 8.26. The van der Waals surface area contributed by atoms with Crippen LogP contribution in [0.3, 0.4) is 0 Å². The molecular formula is C13H20N2O2. The third-order valence-corrected chi connectivity index (χ3v) is 2.48. The Balaban J connectivity index is 2.31. The largest absolute Gasteiger partial charge is 0.497 e. The minimum Gasteiger partial charge on any atom is -0.497 e. The molecule has 94 valence electrons. The highest BCUT2D eigenvalue weighted by Crippen LogP contribution is 2.13. The molecule has 0 fully saturated rings. The Bertz CT molecular complexity index is 353. The topological polar surface area (TPSA) is 64.3 Å². The summed E-state index contributed by atoms with van der Waals surface area (Å²) in [7, 11) is 1.64. The monoisotopic (exact) mass is 236 g/mol. The van der Waals surface area contributed by atoms with Crippen molar-refractivity contribution in [3.05, 3.63) is 29.8 Å². The molecule has 0 radical (unpaired) electrons. The summed E-state index contributed by atoms with van der Waals surface area (Å²) in [6.07, 6.45) is 2.05. The molecule has 17 heavy (non-hydrogen) atoms. The summed E-state index contributed by atoms with van der Waals surface area (Å²) >= 11 is 0. The molecule has 0 spiro atoms. The van der Waals surface area contributed by atoms with Gasteiger partial charge < -0.3 is 15.8 Å². The Labute approximate surface area is 102 Å². The van der Waals surface area contributed by atoms with E-state index < -0.39 is 0 Å². The van der Waals surface area contributed by atoms with Crippen molar-refractivity contribution in [1.29, 1.82) is 0 Å². The lowest BCUT2D eigenvalue weighted by atomic mass is 10.1. The summed E-state index contributed by atoms with van der Waals surface area (Å²) < 4.78 is 5.13. The van der Waals surface area contributed by atoms with Crippen LogP contribution >= 0.6 is 0 Å². The minimum absolute atomic E-state index is 0.0706. The maximum Gasteiger partial charge on any atom is 0.220 e. The molecule has 0 heterocycles. The van der Waals surface area contributed by atoms with Gasteiger partial charge in [-0.25, -0.2) is 0 Å². The van der Waals surface area contributed by atoms with Gasteiger partial charge >= 0.3 is 0 Å². The molecule has 0 aliphatic carbocycles. The van der Waals surface area contributed by atoms with Gasteiger partial charge in [-0.05, 0) is 37.1 Å². The number of hydrogen-bond acceptors (Lipinski definition) is 3. The lowest BCUT2D eigenvalue weighted by molar-refractivity contribution is -0.121. The Morgan fingerprint density at radius 2 is 2.29 bits per heavy atom. The fourth-order valence-electron chi connectivity index (χ4n) is 1.50. The van der Waals surface area contributed by atoms with E-state index in [4.69, 9.17) is 10.5 Å². The van der Waals surface area contributed by atoms with Crippen molar-refractivity contribution in [3.63, 3.8) is 0 Å². The van der Waals surface area contributed by atoms with Crippen LogP contribution in [-0.4, -0.2) is 26.1 Å². The molecule has 1 aromatic carbocycles. The zero-order chi connectivity index (χ0) is 12.5. The molecule has 0 saturated carbocycles. The van der Waals surface area contributed by atoms with Crippen molar-refractivity contribution >= 4 is 5.91 Å². The third kappa shape index (κ3) is 5.36. The number of aryl methyl sites for hydroxylation is 1. The van der Waals surface area contributed by atoms with Crippen molar-refractivity contribution in [2.45, 2.75) is 19.3 Å². The van der Waals surface area contributed by atoms with Crippen molar-refractivity contribution in [3.8, 4) is 5.75 Å². The molecule has 3 N–H and O–H groups in total. The van der Waals surface area contributed by atoms with Gasteiger partial charge in [0, 0.05) is 13.0 Å². The van der Waals surface area contributed by atoms with E-state index in [-0.39, 0.29) is 5.91 Å². The summed E-state index contributed by atoms with van der Waals surface area (Å²) in [6, 6.07) is 7.77. The van der Waals surface area contributed by atoms with Crippen LogP contribution in [0.15, 0.2) is 24.3 Å². The lowest BCUT2D eigenvalue weighted by Crippen LogP contribution is -2.26. The fraction of sp³-hybridized carbons (Fsp3) is 0.462. The molecule has 0 unspecified atom stereocenters. The second-order valence-corrected chi connectivity index (χ2v) is 3.84. The number of carbonyl (C=O) groups excluding carboxylic acids is 1. The molecule has 0 saturated heterocycles. The normalized spacial score (nSPS) is 10.0. The van der Waals surface area contributed by atoms with Gasteiger partial charge in [0.05, 0.1) is 7.11 Å². The smallest absolute Gasteiger partial charge is 0.220 e. The number of benzene rings is 1. The van der Waals surface area contributed by atoms with Crippen molar-refractivity contribution in [2.75, 3.05) is 20.2 Å². The van der Waals surface area contributed by atoms with E-state index in [1.807, 2.05) is 24.3 Å². The second-order valence-electron chi connectivity index (χ2n) is 3.84. The molecule has 4 nitrogen and oxygen atoms in total. The Hall–Kier alpha value is -1.55. The number of ether oxygens (including phenoxy) is 1. The van der Waals surface area contributed by atoms with Crippen LogP contribution in [0.4, 0.5) is 0 Å². The van der Waals surface area contributed by atoms with Crippen LogP contribution in [-0.2, 0) is 11.2 Å². The highest BCUT2D eigenvalue weighted by molar-refractivity contribution is 5.76. The number of hydrogen-bond donors (Lipinski definition) is 2. The van der Waals surface area contributed by atoms with Crippen LogP contribution in [0, 0.1) is 0 Å². The van der Waals surface area contributed by atoms with Gasteiger partial charge in [0.2, 0.25) is 5.91 Å². The van der Waals surface area contributed by atoms with E-state index in [1.54, 1.807) is 7.11 Å². The van der Waals surface area contributed by atoms with Crippen LogP contribution in [0.1, 0.15) is 18.4 Å². The molecule has 0 aliphatic heterocycles.